The predicted molar refractivity (Wildman–Crippen MR) is 75.6 cm³/mol. The summed E-state index contributed by atoms with van der Waals surface area (Å²) in [6.07, 6.45) is 2.13. The van der Waals surface area contributed by atoms with Gasteiger partial charge in [-0.1, -0.05) is 19.1 Å². The molecule has 8 nitrogen and oxygen atoms in total. The number of hydrogen-bond acceptors (Lipinski definition) is 7. The molecule has 2 aromatic rings. The van der Waals surface area contributed by atoms with Gasteiger partial charge in [0.05, 0.1) is 4.92 Å². The number of nitro groups is 1. The molecule has 0 spiro atoms. The maximum absolute atomic E-state index is 11.1. The maximum atomic E-state index is 11.1. The van der Waals surface area contributed by atoms with Crippen LogP contribution in [0.25, 0.3) is 0 Å². The van der Waals surface area contributed by atoms with Crippen LogP contribution in [0.1, 0.15) is 12.5 Å². The molecule has 1 aromatic heterocycles. The highest BCUT2D eigenvalue weighted by Gasteiger charge is 2.22. The minimum absolute atomic E-state index is 0.0438. The Balaban J connectivity index is 2.34. The second-order valence-corrected chi connectivity index (χ2v) is 4.00. The first-order valence-electron chi connectivity index (χ1n) is 5.97. The summed E-state index contributed by atoms with van der Waals surface area (Å²) in [5, 5.41) is 14.0. The number of nitrogens with two attached hydrogens (primary N) is 1. The smallest absolute Gasteiger partial charge is 0.334 e. The highest BCUT2D eigenvalue weighted by Crippen LogP contribution is 2.30. The van der Waals surface area contributed by atoms with Gasteiger partial charge in [-0.15, -0.1) is 0 Å². The number of benzene rings is 1. The molecule has 104 valence electrons. The molecule has 2 rings (SSSR count). The van der Waals surface area contributed by atoms with Crippen molar-refractivity contribution in [2.45, 2.75) is 13.3 Å². The second kappa shape index (κ2) is 5.93. The van der Waals surface area contributed by atoms with Crippen molar-refractivity contribution in [3.8, 4) is 0 Å². The Morgan fingerprint density at radius 3 is 2.45 bits per heavy atom. The molecule has 0 aliphatic heterocycles. The summed E-state index contributed by atoms with van der Waals surface area (Å²) < 4.78 is 0. The lowest BCUT2D eigenvalue weighted by Gasteiger charge is -2.08. The van der Waals surface area contributed by atoms with Crippen LogP contribution in [0.2, 0.25) is 0 Å². The van der Waals surface area contributed by atoms with Gasteiger partial charge in [0.25, 0.3) is 0 Å². The lowest BCUT2D eigenvalue weighted by molar-refractivity contribution is -0.383. The Morgan fingerprint density at radius 2 is 1.90 bits per heavy atom. The van der Waals surface area contributed by atoms with Crippen molar-refractivity contribution in [3.05, 3.63) is 46.3 Å². The van der Waals surface area contributed by atoms with E-state index in [1.807, 2.05) is 24.3 Å². The zero-order valence-electron chi connectivity index (χ0n) is 10.8. The average molecular weight is 274 g/mol. The fraction of sp³-hybridized carbons (Fsp3) is 0.167. The van der Waals surface area contributed by atoms with Crippen molar-refractivity contribution in [3.63, 3.8) is 0 Å². The van der Waals surface area contributed by atoms with Crippen LogP contribution in [0.4, 0.5) is 23.0 Å². The molecule has 0 saturated carbocycles. The maximum Gasteiger partial charge on any atom is 0.354 e. The van der Waals surface area contributed by atoms with Crippen LogP contribution in [0, 0.1) is 10.1 Å². The van der Waals surface area contributed by atoms with E-state index in [1.165, 1.54) is 11.9 Å². The molecule has 0 bridgehead atoms. The van der Waals surface area contributed by atoms with Crippen LogP contribution in [0.3, 0.4) is 0 Å². The molecule has 0 radical (unpaired) electrons. The number of hydrazine groups is 1. The third-order valence-corrected chi connectivity index (χ3v) is 2.77. The van der Waals surface area contributed by atoms with Gasteiger partial charge in [-0.05, 0) is 24.1 Å². The fourth-order valence-corrected chi connectivity index (χ4v) is 1.71. The van der Waals surface area contributed by atoms with Gasteiger partial charge < -0.3 is 10.7 Å². The molecule has 20 heavy (non-hydrogen) atoms. The topological polar surface area (TPSA) is 119 Å². The van der Waals surface area contributed by atoms with E-state index >= 15 is 0 Å². The molecule has 4 N–H and O–H groups in total. The van der Waals surface area contributed by atoms with Crippen LogP contribution in [-0.4, -0.2) is 14.9 Å². The molecule has 0 aliphatic carbocycles. The number of anilines is 3. The summed E-state index contributed by atoms with van der Waals surface area (Å²) in [4.78, 5) is 18.1. The Hall–Kier alpha value is -2.74. The van der Waals surface area contributed by atoms with E-state index < -0.39 is 4.92 Å². The van der Waals surface area contributed by atoms with E-state index in [0.29, 0.717) is 5.69 Å². The lowest BCUT2D eigenvalue weighted by atomic mass is 10.1. The molecule has 0 aliphatic rings. The lowest BCUT2D eigenvalue weighted by Crippen LogP contribution is -2.12. The summed E-state index contributed by atoms with van der Waals surface area (Å²) in [7, 11) is 0. The Bertz CT molecular complexity index is 614. The normalized spacial score (nSPS) is 10.1. The van der Waals surface area contributed by atoms with E-state index in [-0.39, 0.29) is 17.3 Å². The molecule has 0 saturated heterocycles. The molecule has 8 heteroatoms. The van der Waals surface area contributed by atoms with E-state index in [4.69, 9.17) is 5.84 Å². The van der Waals surface area contributed by atoms with Crippen molar-refractivity contribution in [2.75, 3.05) is 10.7 Å². The van der Waals surface area contributed by atoms with Crippen LogP contribution < -0.4 is 16.6 Å². The standard InChI is InChI=1S/C12H14N6O2/c1-2-8-3-5-9(6-4-8)16-11-10(18(19)20)12(17-13)15-7-14-11/h3-7H,2,13H2,1H3,(H2,14,15,16,17). The van der Waals surface area contributed by atoms with Crippen molar-refractivity contribution >= 4 is 23.0 Å². The summed E-state index contributed by atoms with van der Waals surface area (Å²) in [5.74, 6) is 5.26. The van der Waals surface area contributed by atoms with Crippen LogP contribution in [-0.2, 0) is 6.42 Å². The van der Waals surface area contributed by atoms with Crippen molar-refractivity contribution in [1.82, 2.24) is 9.97 Å². The number of hydrogen-bond donors (Lipinski definition) is 3. The zero-order valence-corrected chi connectivity index (χ0v) is 10.8. The Labute approximate surface area is 115 Å². The van der Waals surface area contributed by atoms with Crippen LogP contribution in [0.5, 0.6) is 0 Å². The summed E-state index contributed by atoms with van der Waals surface area (Å²) >= 11 is 0. The molecule has 1 aromatic carbocycles. The zero-order chi connectivity index (χ0) is 14.5. The number of nitrogens with one attached hydrogen (secondary N) is 2. The molecule has 0 unspecified atom stereocenters. The minimum atomic E-state index is -0.585. The van der Waals surface area contributed by atoms with Gasteiger partial charge in [0.15, 0.2) is 0 Å². The van der Waals surface area contributed by atoms with Crippen molar-refractivity contribution < 1.29 is 4.92 Å². The van der Waals surface area contributed by atoms with Crippen molar-refractivity contribution in [1.29, 1.82) is 0 Å². The monoisotopic (exact) mass is 274 g/mol. The van der Waals surface area contributed by atoms with E-state index in [1.54, 1.807) is 0 Å². The van der Waals surface area contributed by atoms with Gasteiger partial charge in [0, 0.05) is 5.69 Å². The number of nitrogen functional groups attached to an aromatic ring is 1. The molecule has 0 atom stereocenters. The largest absolute Gasteiger partial charge is 0.354 e. The van der Waals surface area contributed by atoms with E-state index in [9.17, 15) is 10.1 Å². The SMILES string of the molecule is CCc1ccc(Nc2ncnc(NN)c2[N+](=O)[O-])cc1. The second-order valence-electron chi connectivity index (χ2n) is 4.00. The molecular weight excluding hydrogens is 260 g/mol. The van der Waals surface area contributed by atoms with Crippen LogP contribution in [0.15, 0.2) is 30.6 Å². The quantitative estimate of drug-likeness (QED) is 0.433. The minimum Gasteiger partial charge on any atom is -0.334 e. The van der Waals surface area contributed by atoms with Gasteiger partial charge in [-0.3, -0.25) is 10.1 Å². The summed E-state index contributed by atoms with van der Waals surface area (Å²) in [6, 6.07) is 7.55. The summed E-state index contributed by atoms with van der Waals surface area (Å²) in [6.45, 7) is 2.05. The highest BCUT2D eigenvalue weighted by atomic mass is 16.6. The van der Waals surface area contributed by atoms with E-state index in [0.717, 1.165) is 6.42 Å². The first kappa shape index (κ1) is 13.7. The first-order valence-corrected chi connectivity index (χ1v) is 5.97. The fourth-order valence-electron chi connectivity index (χ4n) is 1.71. The third kappa shape index (κ3) is 2.81. The van der Waals surface area contributed by atoms with Crippen LogP contribution >= 0.6 is 0 Å². The van der Waals surface area contributed by atoms with Gasteiger partial charge >= 0.3 is 5.69 Å². The average Bonchev–Trinajstić information content (AvgIpc) is 2.47. The Kier molecular flexibility index (Phi) is 4.06. The van der Waals surface area contributed by atoms with Gasteiger partial charge in [0.2, 0.25) is 11.6 Å². The highest BCUT2D eigenvalue weighted by molar-refractivity contribution is 5.73. The molecule has 0 amide bonds. The van der Waals surface area contributed by atoms with E-state index in [2.05, 4.69) is 27.6 Å². The molecular formula is C12H14N6O2. The Morgan fingerprint density at radius 1 is 1.25 bits per heavy atom. The van der Waals surface area contributed by atoms with Gasteiger partial charge in [-0.2, -0.15) is 0 Å². The predicted octanol–water partition coefficient (Wildman–Crippen LogP) is 1.98. The van der Waals surface area contributed by atoms with Crippen molar-refractivity contribution in [2.24, 2.45) is 5.84 Å². The third-order valence-electron chi connectivity index (χ3n) is 2.77. The molecule has 1 heterocycles. The number of aromatic nitrogens is 2. The number of rotatable bonds is 5. The van der Waals surface area contributed by atoms with Gasteiger partial charge in [-0.25, -0.2) is 15.8 Å². The van der Waals surface area contributed by atoms with Gasteiger partial charge in [0.1, 0.15) is 6.33 Å². The summed E-state index contributed by atoms with van der Waals surface area (Å²) in [5.41, 5.74) is 3.77. The number of nitrogens with zero attached hydrogens (tertiary/aromatic N) is 3. The first-order chi connectivity index (χ1) is 9.65. The number of aryl methyl sites for hydroxylation is 1. The molecule has 0 fully saturated rings.